The number of amides is 1. The maximum atomic E-state index is 11.6. The van der Waals surface area contributed by atoms with Crippen LogP contribution in [0.1, 0.15) is 12.0 Å². The van der Waals surface area contributed by atoms with E-state index in [0.717, 1.165) is 16.9 Å². The summed E-state index contributed by atoms with van der Waals surface area (Å²) in [5.74, 6) is 0. The van der Waals surface area contributed by atoms with Crippen LogP contribution in [-0.4, -0.2) is 34.2 Å². The van der Waals surface area contributed by atoms with Crippen LogP contribution >= 0.6 is 11.3 Å². The van der Waals surface area contributed by atoms with Gasteiger partial charge in [-0.1, -0.05) is 41.7 Å². The Balaban J connectivity index is 1.73. The Labute approximate surface area is 131 Å². The lowest BCUT2D eigenvalue weighted by Gasteiger charge is -2.05. The van der Waals surface area contributed by atoms with E-state index in [1.54, 1.807) is 0 Å². The normalized spacial score (nSPS) is 10.5. The quantitative estimate of drug-likeness (QED) is 0.673. The Kier molecular flexibility index (Phi) is 6.13. The summed E-state index contributed by atoms with van der Waals surface area (Å²) in [6.45, 7) is 0.312. The van der Waals surface area contributed by atoms with Gasteiger partial charge in [-0.3, -0.25) is 5.32 Å². The number of aliphatic hydroxyl groups is 2. The van der Waals surface area contributed by atoms with Crippen LogP contribution in [-0.2, 0) is 11.3 Å². The summed E-state index contributed by atoms with van der Waals surface area (Å²) in [5.41, 5.74) is 0.897. The molecule has 0 unspecified atom stereocenters. The molecule has 0 saturated carbocycles. The molecule has 0 atom stereocenters. The number of ether oxygens (including phenoxy) is 2. The van der Waals surface area contributed by atoms with Crippen molar-refractivity contribution in [2.24, 2.45) is 0 Å². The molecule has 3 N–H and O–H groups in total. The van der Waals surface area contributed by atoms with Gasteiger partial charge in [0.05, 0.1) is 12.8 Å². The number of thiazole rings is 1. The summed E-state index contributed by atoms with van der Waals surface area (Å²) in [6, 6.07) is 9.35. The van der Waals surface area contributed by atoms with Crippen molar-refractivity contribution in [3.05, 3.63) is 42.1 Å². The van der Waals surface area contributed by atoms with Crippen molar-refractivity contribution in [1.82, 2.24) is 4.98 Å². The Hall–Kier alpha value is -2.16. The lowest BCUT2D eigenvalue weighted by atomic mass is 10.2. The minimum Gasteiger partial charge on any atom is -0.470 e. The number of carbonyl (C=O) groups excluding carboxylic acids is 1. The number of benzene rings is 1. The average Bonchev–Trinajstić information content (AvgIpc) is 2.93. The second kappa shape index (κ2) is 8.32. The smallest absolute Gasteiger partial charge is 0.412 e. The molecule has 0 bridgehead atoms. The number of anilines is 1. The first-order chi connectivity index (χ1) is 10.6. The van der Waals surface area contributed by atoms with Gasteiger partial charge in [0.15, 0.2) is 6.29 Å². The number of rotatable bonds is 7. The number of aromatic nitrogens is 1. The molecule has 1 aromatic heterocycles. The number of nitrogens with one attached hydrogen (secondary N) is 1. The van der Waals surface area contributed by atoms with Gasteiger partial charge in [0.2, 0.25) is 0 Å². The van der Waals surface area contributed by atoms with Crippen molar-refractivity contribution < 1.29 is 24.5 Å². The van der Waals surface area contributed by atoms with Crippen molar-refractivity contribution in [3.8, 4) is 5.19 Å². The molecule has 7 nitrogen and oxygen atoms in total. The van der Waals surface area contributed by atoms with Gasteiger partial charge >= 0.3 is 6.09 Å². The molecular formula is C14H16N2O5S. The van der Waals surface area contributed by atoms with Crippen molar-refractivity contribution in [1.29, 1.82) is 0 Å². The number of nitrogens with zero attached hydrogens (tertiary/aromatic N) is 1. The summed E-state index contributed by atoms with van der Waals surface area (Å²) in [6.07, 6.45) is -0.462. The van der Waals surface area contributed by atoms with Crippen LogP contribution in [0.4, 0.5) is 9.80 Å². The van der Waals surface area contributed by atoms with Gasteiger partial charge < -0.3 is 19.7 Å². The lowest BCUT2D eigenvalue weighted by molar-refractivity contribution is -0.0519. The van der Waals surface area contributed by atoms with E-state index in [4.69, 9.17) is 19.7 Å². The first kappa shape index (κ1) is 16.2. The Morgan fingerprint density at radius 3 is 2.82 bits per heavy atom. The molecule has 0 aliphatic rings. The summed E-state index contributed by atoms with van der Waals surface area (Å²) in [5, 5.41) is 20.7. The molecule has 1 amide bonds. The van der Waals surface area contributed by atoms with Crippen molar-refractivity contribution in [2.45, 2.75) is 19.3 Å². The fraction of sp³-hybridized carbons (Fsp3) is 0.286. The highest BCUT2D eigenvalue weighted by atomic mass is 32.1. The highest BCUT2D eigenvalue weighted by molar-refractivity contribution is 7.17. The van der Waals surface area contributed by atoms with Crippen LogP contribution in [0.5, 0.6) is 5.19 Å². The molecule has 2 rings (SSSR count). The van der Waals surface area contributed by atoms with Gasteiger partial charge in [0.25, 0.3) is 5.19 Å². The first-order valence-electron chi connectivity index (χ1n) is 6.56. The third-order valence-electron chi connectivity index (χ3n) is 2.52. The van der Waals surface area contributed by atoms with Crippen LogP contribution < -0.4 is 10.1 Å². The number of carbonyl (C=O) groups is 1. The van der Waals surface area contributed by atoms with Crippen LogP contribution in [0.15, 0.2) is 36.5 Å². The maximum absolute atomic E-state index is 11.6. The second-order valence-corrected chi connectivity index (χ2v) is 5.29. The molecule has 0 aliphatic heterocycles. The number of aliphatic hydroxyl groups excluding tert-OH is 1. The third kappa shape index (κ3) is 5.68. The lowest BCUT2D eigenvalue weighted by Crippen LogP contribution is -2.12. The van der Waals surface area contributed by atoms with Crippen molar-refractivity contribution in [2.75, 3.05) is 11.9 Å². The van der Waals surface area contributed by atoms with Gasteiger partial charge in [-0.25, -0.2) is 9.78 Å². The molecule has 0 radical (unpaired) electrons. The molecule has 0 saturated heterocycles. The summed E-state index contributed by atoms with van der Waals surface area (Å²) < 4.78 is 10.3. The molecule has 0 aliphatic carbocycles. The molecule has 1 aromatic carbocycles. The van der Waals surface area contributed by atoms with Gasteiger partial charge in [-0.2, -0.15) is 0 Å². The second-order valence-electron chi connectivity index (χ2n) is 4.29. The van der Waals surface area contributed by atoms with Crippen LogP contribution in [0.2, 0.25) is 0 Å². The minimum absolute atomic E-state index is 0.0848. The van der Waals surface area contributed by atoms with Crippen LogP contribution in [0.25, 0.3) is 0 Å². The standard InChI is InChI=1S/C14H16N2O5S/c17-12(18)6-7-20-14-15-8-11(22-14)16-13(19)21-9-10-4-2-1-3-5-10/h1-5,8,12,17-18H,6-7,9H2,(H,16,19). The number of hydrogen-bond acceptors (Lipinski definition) is 7. The highest BCUT2D eigenvalue weighted by Gasteiger charge is 2.08. The van der Waals surface area contributed by atoms with Gasteiger partial charge in [-0.05, 0) is 5.56 Å². The van der Waals surface area contributed by atoms with Gasteiger partial charge in [0, 0.05) is 6.42 Å². The highest BCUT2D eigenvalue weighted by Crippen LogP contribution is 2.25. The molecule has 8 heteroatoms. The van der Waals surface area contributed by atoms with E-state index in [1.165, 1.54) is 6.20 Å². The van der Waals surface area contributed by atoms with Crippen LogP contribution in [0.3, 0.4) is 0 Å². The Bertz CT molecular complexity index is 588. The predicted molar refractivity (Wildman–Crippen MR) is 80.7 cm³/mol. The molecule has 0 fully saturated rings. The topological polar surface area (TPSA) is 101 Å². The molecule has 22 heavy (non-hydrogen) atoms. The molecule has 0 spiro atoms. The van der Waals surface area contributed by atoms with E-state index in [9.17, 15) is 4.79 Å². The Morgan fingerprint density at radius 2 is 2.09 bits per heavy atom. The summed E-state index contributed by atoms with van der Waals surface area (Å²) in [7, 11) is 0. The maximum Gasteiger partial charge on any atom is 0.412 e. The van der Waals surface area contributed by atoms with Gasteiger partial charge in [0.1, 0.15) is 11.6 Å². The van der Waals surface area contributed by atoms with Crippen LogP contribution in [0, 0.1) is 0 Å². The predicted octanol–water partition coefficient (Wildman–Crippen LogP) is 1.97. The van der Waals surface area contributed by atoms with E-state index in [2.05, 4.69) is 10.3 Å². The monoisotopic (exact) mass is 324 g/mol. The molecule has 118 valence electrons. The zero-order valence-electron chi connectivity index (χ0n) is 11.6. The summed E-state index contributed by atoms with van der Waals surface area (Å²) >= 11 is 1.13. The SMILES string of the molecule is O=C(Nc1cnc(OCCC(O)O)s1)OCc1ccccc1. The van der Waals surface area contributed by atoms with E-state index in [0.29, 0.717) is 10.2 Å². The van der Waals surface area contributed by atoms with Crippen molar-refractivity contribution in [3.63, 3.8) is 0 Å². The van der Waals surface area contributed by atoms with E-state index >= 15 is 0 Å². The van der Waals surface area contributed by atoms with Gasteiger partial charge in [-0.15, -0.1) is 0 Å². The van der Waals surface area contributed by atoms with Crippen molar-refractivity contribution >= 4 is 22.4 Å². The first-order valence-corrected chi connectivity index (χ1v) is 7.37. The Morgan fingerprint density at radius 1 is 1.32 bits per heavy atom. The fourth-order valence-corrected chi connectivity index (χ4v) is 2.17. The largest absolute Gasteiger partial charge is 0.470 e. The van der Waals surface area contributed by atoms with E-state index in [1.807, 2.05) is 30.3 Å². The molecule has 1 heterocycles. The average molecular weight is 324 g/mol. The minimum atomic E-state index is -1.41. The number of hydrogen-bond donors (Lipinski definition) is 3. The fourth-order valence-electron chi connectivity index (χ4n) is 1.49. The zero-order valence-corrected chi connectivity index (χ0v) is 12.5. The van der Waals surface area contributed by atoms with E-state index < -0.39 is 12.4 Å². The third-order valence-corrected chi connectivity index (χ3v) is 3.35. The zero-order chi connectivity index (χ0) is 15.8. The summed E-state index contributed by atoms with van der Waals surface area (Å²) in [4.78, 5) is 15.6. The molecular weight excluding hydrogens is 308 g/mol. The molecule has 2 aromatic rings. The van der Waals surface area contributed by atoms with E-state index in [-0.39, 0.29) is 19.6 Å².